The molecule has 1 fully saturated rings. The van der Waals surface area contributed by atoms with Crippen molar-refractivity contribution < 1.29 is 9.53 Å². The number of amides is 2. The average Bonchev–Trinajstić information content (AvgIpc) is 3.29. The van der Waals surface area contributed by atoms with Crippen LogP contribution in [0.1, 0.15) is 0 Å². The second kappa shape index (κ2) is 8.11. The molecular formula is C23H22BrN5O2. The van der Waals surface area contributed by atoms with Gasteiger partial charge in [-0.15, -0.1) is 0 Å². The Morgan fingerprint density at radius 2 is 1.81 bits per heavy atom. The lowest BCUT2D eigenvalue weighted by atomic mass is 10.2. The first-order valence-corrected chi connectivity index (χ1v) is 10.9. The molecule has 3 heterocycles. The summed E-state index contributed by atoms with van der Waals surface area (Å²) in [7, 11) is 1.62. The van der Waals surface area contributed by atoms with Gasteiger partial charge in [-0.2, -0.15) is 0 Å². The van der Waals surface area contributed by atoms with Gasteiger partial charge in [0.1, 0.15) is 5.75 Å². The molecule has 4 aromatic rings. The average molecular weight is 480 g/mol. The standard InChI is InChI=1S/C23H22BrN5O2/c1-31-18-7-5-17(6-8-18)25-23(30)28-13-11-27(12-14-28)22-21-3-2-10-29(21)20-9-4-16(24)15-19(20)26-22/h2-10,15H,11-14H2,1H3,(H,25,30). The van der Waals surface area contributed by atoms with Crippen LogP contribution in [0.15, 0.2) is 65.3 Å². The van der Waals surface area contributed by atoms with E-state index in [1.807, 2.05) is 47.4 Å². The number of aromatic nitrogens is 2. The predicted molar refractivity (Wildman–Crippen MR) is 126 cm³/mol. The first kappa shape index (κ1) is 19.7. The number of halogens is 1. The number of nitrogens with one attached hydrogen (secondary N) is 1. The van der Waals surface area contributed by atoms with E-state index in [2.05, 4.69) is 48.9 Å². The van der Waals surface area contributed by atoms with E-state index in [1.54, 1.807) is 7.11 Å². The van der Waals surface area contributed by atoms with E-state index in [4.69, 9.17) is 9.72 Å². The Kier molecular flexibility index (Phi) is 5.15. The van der Waals surface area contributed by atoms with Crippen LogP contribution in [0.25, 0.3) is 16.6 Å². The van der Waals surface area contributed by atoms with Crippen LogP contribution in [0.5, 0.6) is 5.75 Å². The number of ether oxygens (including phenoxy) is 1. The van der Waals surface area contributed by atoms with Crippen LogP contribution >= 0.6 is 15.9 Å². The third kappa shape index (κ3) is 3.79. The first-order chi connectivity index (χ1) is 15.1. The Morgan fingerprint density at radius 3 is 2.55 bits per heavy atom. The van der Waals surface area contributed by atoms with Crippen molar-refractivity contribution in [2.75, 3.05) is 43.5 Å². The second-order valence-electron chi connectivity index (χ2n) is 7.46. The van der Waals surface area contributed by atoms with Gasteiger partial charge in [-0.3, -0.25) is 0 Å². The summed E-state index contributed by atoms with van der Waals surface area (Å²) < 4.78 is 8.34. The number of carbonyl (C=O) groups excluding carboxylic acids is 1. The number of piperazine rings is 1. The van der Waals surface area contributed by atoms with Crippen molar-refractivity contribution in [1.82, 2.24) is 14.3 Å². The molecule has 1 aliphatic rings. The van der Waals surface area contributed by atoms with Crippen molar-refractivity contribution in [3.05, 3.63) is 65.3 Å². The Hall–Kier alpha value is -3.26. The highest BCUT2D eigenvalue weighted by molar-refractivity contribution is 9.10. The molecule has 0 aliphatic carbocycles. The van der Waals surface area contributed by atoms with E-state index in [0.717, 1.165) is 51.4 Å². The van der Waals surface area contributed by atoms with E-state index in [0.29, 0.717) is 13.1 Å². The van der Waals surface area contributed by atoms with E-state index in [1.165, 1.54) is 0 Å². The van der Waals surface area contributed by atoms with Crippen LogP contribution in [0.2, 0.25) is 0 Å². The van der Waals surface area contributed by atoms with E-state index >= 15 is 0 Å². The quantitative estimate of drug-likeness (QED) is 0.465. The summed E-state index contributed by atoms with van der Waals surface area (Å²) in [6.45, 7) is 2.72. The molecule has 1 saturated heterocycles. The fourth-order valence-corrected chi connectivity index (χ4v) is 4.31. The van der Waals surface area contributed by atoms with E-state index in [9.17, 15) is 4.79 Å². The second-order valence-corrected chi connectivity index (χ2v) is 8.38. The van der Waals surface area contributed by atoms with Crippen LogP contribution in [0.3, 0.4) is 0 Å². The smallest absolute Gasteiger partial charge is 0.321 e. The number of rotatable bonds is 3. The van der Waals surface area contributed by atoms with Gasteiger partial charge in [0.05, 0.1) is 23.7 Å². The van der Waals surface area contributed by atoms with Gasteiger partial charge in [-0.1, -0.05) is 15.9 Å². The van der Waals surface area contributed by atoms with Crippen molar-refractivity contribution in [2.24, 2.45) is 0 Å². The number of anilines is 2. The maximum atomic E-state index is 12.7. The lowest BCUT2D eigenvalue weighted by Gasteiger charge is -2.35. The number of nitrogens with zero attached hydrogens (tertiary/aromatic N) is 4. The Morgan fingerprint density at radius 1 is 1.03 bits per heavy atom. The summed E-state index contributed by atoms with van der Waals surface area (Å²) >= 11 is 3.55. The summed E-state index contributed by atoms with van der Waals surface area (Å²) in [4.78, 5) is 21.7. The monoisotopic (exact) mass is 479 g/mol. The van der Waals surface area contributed by atoms with Gasteiger partial charge < -0.3 is 24.3 Å². The number of hydrogen-bond donors (Lipinski definition) is 1. The highest BCUT2D eigenvalue weighted by Crippen LogP contribution is 2.28. The van der Waals surface area contributed by atoms with Gasteiger partial charge in [0.25, 0.3) is 0 Å². The molecule has 1 N–H and O–H groups in total. The van der Waals surface area contributed by atoms with Crippen molar-refractivity contribution in [3.8, 4) is 5.75 Å². The number of fused-ring (bicyclic) bond motifs is 3. The molecule has 0 radical (unpaired) electrons. The molecule has 8 heteroatoms. The fourth-order valence-electron chi connectivity index (χ4n) is 3.97. The molecule has 2 aromatic heterocycles. The van der Waals surface area contributed by atoms with E-state index < -0.39 is 0 Å². The van der Waals surface area contributed by atoms with Crippen LogP contribution in [-0.2, 0) is 0 Å². The molecule has 2 aromatic carbocycles. The van der Waals surface area contributed by atoms with Crippen LogP contribution in [0.4, 0.5) is 16.3 Å². The summed E-state index contributed by atoms with van der Waals surface area (Å²) in [5.74, 6) is 1.71. The van der Waals surface area contributed by atoms with Crippen molar-refractivity contribution in [1.29, 1.82) is 0 Å². The molecule has 31 heavy (non-hydrogen) atoms. The SMILES string of the molecule is COc1ccc(NC(=O)N2CCN(c3nc4cc(Br)ccc4n4cccc34)CC2)cc1. The van der Waals surface area contributed by atoms with E-state index in [-0.39, 0.29) is 6.03 Å². The summed E-state index contributed by atoms with van der Waals surface area (Å²) in [6, 6.07) is 17.5. The van der Waals surface area contributed by atoms with Crippen molar-refractivity contribution in [2.45, 2.75) is 0 Å². The molecule has 5 rings (SSSR count). The fraction of sp³-hybridized carbons (Fsp3) is 0.217. The zero-order chi connectivity index (χ0) is 21.4. The van der Waals surface area contributed by atoms with Crippen LogP contribution in [0, 0.1) is 0 Å². The lowest BCUT2D eigenvalue weighted by Crippen LogP contribution is -2.50. The third-order valence-electron chi connectivity index (χ3n) is 5.61. The molecule has 0 atom stereocenters. The minimum Gasteiger partial charge on any atom is -0.497 e. The lowest BCUT2D eigenvalue weighted by molar-refractivity contribution is 0.208. The van der Waals surface area contributed by atoms with Gasteiger partial charge in [0, 0.05) is 42.5 Å². The first-order valence-electron chi connectivity index (χ1n) is 10.1. The summed E-state index contributed by atoms with van der Waals surface area (Å²) in [5.41, 5.74) is 3.84. The molecule has 1 aliphatic heterocycles. The molecule has 0 unspecified atom stereocenters. The van der Waals surface area contributed by atoms with Crippen LogP contribution < -0.4 is 15.0 Å². The molecular weight excluding hydrogens is 458 g/mol. The maximum Gasteiger partial charge on any atom is 0.321 e. The van der Waals surface area contributed by atoms with Gasteiger partial charge in [0.2, 0.25) is 0 Å². The number of benzene rings is 2. The summed E-state index contributed by atoms with van der Waals surface area (Å²) in [5, 5.41) is 2.96. The highest BCUT2D eigenvalue weighted by Gasteiger charge is 2.24. The molecule has 2 amide bonds. The number of hydrogen-bond acceptors (Lipinski definition) is 4. The number of urea groups is 1. The van der Waals surface area contributed by atoms with Gasteiger partial charge in [-0.25, -0.2) is 9.78 Å². The summed E-state index contributed by atoms with van der Waals surface area (Å²) in [6.07, 6.45) is 2.06. The molecule has 0 saturated carbocycles. The van der Waals surface area contributed by atoms with Crippen molar-refractivity contribution >= 4 is 50.0 Å². The number of methoxy groups -OCH3 is 1. The Bertz CT molecular complexity index is 1250. The van der Waals surface area contributed by atoms with Crippen molar-refractivity contribution in [3.63, 3.8) is 0 Å². The van der Waals surface area contributed by atoms with Gasteiger partial charge in [-0.05, 0) is 54.6 Å². The largest absolute Gasteiger partial charge is 0.497 e. The minimum absolute atomic E-state index is 0.0898. The predicted octanol–water partition coefficient (Wildman–Crippen LogP) is 4.61. The molecule has 0 bridgehead atoms. The van der Waals surface area contributed by atoms with Gasteiger partial charge in [0.15, 0.2) is 5.82 Å². The third-order valence-corrected chi connectivity index (χ3v) is 6.10. The topological polar surface area (TPSA) is 62.1 Å². The maximum absolute atomic E-state index is 12.7. The van der Waals surface area contributed by atoms with Crippen LogP contribution in [-0.4, -0.2) is 53.6 Å². The zero-order valence-electron chi connectivity index (χ0n) is 17.1. The minimum atomic E-state index is -0.0898. The molecule has 158 valence electrons. The molecule has 0 spiro atoms. The Labute approximate surface area is 188 Å². The highest BCUT2D eigenvalue weighted by atomic mass is 79.9. The Balaban J connectivity index is 1.32. The zero-order valence-corrected chi connectivity index (χ0v) is 18.7. The molecule has 7 nitrogen and oxygen atoms in total. The normalized spacial score (nSPS) is 14.3. The number of carbonyl (C=O) groups is 1. The van der Waals surface area contributed by atoms with Gasteiger partial charge >= 0.3 is 6.03 Å².